The molecule has 2 aromatic carbocycles. The molecule has 0 aromatic heterocycles. The number of hydrogen-bond acceptors (Lipinski definition) is 2. The van der Waals surface area contributed by atoms with Crippen LogP contribution in [-0.2, 0) is 5.41 Å². The second-order valence-corrected chi connectivity index (χ2v) is 6.88. The van der Waals surface area contributed by atoms with Gasteiger partial charge in [-0.15, -0.1) is 0 Å². The van der Waals surface area contributed by atoms with Crippen LogP contribution in [0.3, 0.4) is 0 Å². The second-order valence-electron chi connectivity index (χ2n) is 6.88. The van der Waals surface area contributed by atoms with Crippen LogP contribution in [-0.4, -0.2) is 18.9 Å². The number of ketones is 1. The van der Waals surface area contributed by atoms with Crippen LogP contribution in [0.4, 0.5) is 5.69 Å². The summed E-state index contributed by atoms with van der Waals surface area (Å²) in [6.07, 6.45) is 3.42. The normalized spacial score (nSPS) is 24.7. The highest BCUT2D eigenvalue weighted by molar-refractivity contribution is 6.08. The smallest absolute Gasteiger partial charge is 0.173 e. The Morgan fingerprint density at radius 3 is 2.65 bits per heavy atom. The largest absolute Gasteiger partial charge is 0.371 e. The fourth-order valence-corrected chi connectivity index (χ4v) is 4.18. The average Bonchev–Trinajstić information content (AvgIpc) is 3.35. The molecule has 1 aliphatic heterocycles. The van der Waals surface area contributed by atoms with Crippen molar-refractivity contribution in [1.29, 1.82) is 0 Å². The van der Waals surface area contributed by atoms with Crippen molar-refractivity contribution in [3.63, 3.8) is 0 Å². The number of carbonyl (C=O) groups is 1. The summed E-state index contributed by atoms with van der Waals surface area (Å²) in [6.45, 7) is 4.35. The third kappa shape index (κ3) is 2.20. The zero-order valence-corrected chi connectivity index (χ0v) is 13.7. The number of fused-ring (bicyclic) bond motifs is 3. The monoisotopic (exact) mass is 305 g/mol. The van der Waals surface area contributed by atoms with E-state index in [2.05, 4.69) is 36.1 Å². The standard InChI is InChI=1S/C21H23NO/c1-2-3-13-22-15-17-14-21(17,18-11-7-8-12-19(18)22)20(23)16-9-5-4-6-10-16/h4-12,17H,2-3,13-15H2,1H3/t17-,21+/m0/s1. The van der Waals surface area contributed by atoms with E-state index in [1.54, 1.807) is 0 Å². The summed E-state index contributed by atoms with van der Waals surface area (Å²) < 4.78 is 0. The van der Waals surface area contributed by atoms with E-state index in [0.717, 1.165) is 25.1 Å². The van der Waals surface area contributed by atoms with Gasteiger partial charge < -0.3 is 4.90 Å². The predicted molar refractivity (Wildman–Crippen MR) is 94.1 cm³/mol. The Morgan fingerprint density at radius 2 is 1.87 bits per heavy atom. The molecule has 2 aliphatic rings. The minimum atomic E-state index is -0.263. The van der Waals surface area contributed by atoms with Crippen LogP contribution >= 0.6 is 0 Å². The molecule has 1 saturated carbocycles. The minimum Gasteiger partial charge on any atom is -0.371 e. The number of rotatable bonds is 5. The number of para-hydroxylation sites is 1. The van der Waals surface area contributed by atoms with E-state index in [4.69, 9.17) is 0 Å². The number of nitrogens with zero attached hydrogens (tertiary/aromatic N) is 1. The van der Waals surface area contributed by atoms with E-state index in [9.17, 15) is 4.79 Å². The lowest BCUT2D eigenvalue weighted by molar-refractivity contribution is 0.0936. The second kappa shape index (κ2) is 5.52. The zero-order valence-electron chi connectivity index (χ0n) is 13.7. The van der Waals surface area contributed by atoms with E-state index in [1.807, 2.05) is 30.3 Å². The Balaban J connectivity index is 1.73. The fourth-order valence-electron chi connectivity index (χ4n) is 4.18. The molecule has 2 aromatic rings. The molecular formula is C21H23NO. The van der Waals surface area contributed by atoms with Crippen LogP contribution in [0.5, 0.6) is 0 Å². The van der Waals surface area contributed by atoms with Crippen molar-refractivity contribution in [2.24, 2.45) is 5.92 Å². The van der Waals surface area contributed by atoms with E-state index in [0.29, 0.717) is 11.7 Å². The number of anilines is 1. The maximum Gasteiger partial charge on any atom is 0.173 e. The molecule has 0 amide bonds. The highest BCUT2D eigenvalue weighted by Gasteiger charge is 2.63. The lowest BCUT2D eigenvalue weighted by Gasteiger charge is -2.35. The van der Waals surface area contributed by atoms with Crippen LogP contribution in [0, 0.1) is 5.92 Å². The zero-order chi connectivity index (χ0) is 15.9. The first-order valence-corrected chi connectivity index (χ1v) is 8.71. The molecule has 118 valence electrons. The van der Waals surface area contributed by atoms with Crippen LogP contribution in [0.1, 0.15) is 42.1 Å². The first kappa shape index (κ1) is 14.5. The van der Waals surface area contributed by atoms with Crippen LogP contribution in [0.15, 0.2) is 54.6 Å². The van der Waals surface area contributed by atoms with Gasteiger partial charge in [0.25, 0.3) is 0 Å². The highest BCUT2D eigenvalue weighted by atomic mass is 16.1. The van der Waals surface area contributed by atoms with Crippen molar-refractivity contribution >= 4 is 11.5 Å². The molecule has 0 N–H and O–H groups in total. The molecule has 0 spiro atoms. The molecule has 4 rings (SSSR count). The Hall–Kier alpha value is -2.09. The molecule has 0 bridgehead atoms. The van der Waals surface area contributed by atoms with E-state index in [-0.39, 0.29) is 5.41 Å². The van der Waals surface area contributed by atoms with Crippen molar-refractivity contribution in [3.05, 3.63) is 65.7 Å². The summed E-state index contributed by atoms with van der Waals surface area (Å²) in [5.41, 5.74) is 3.12. The van der Waals surface area contributed by atoms with Crippen molar-refractivity contribution in [3.8, 4) is 0 Å². The van der Waals surface area contributed by atoms with Gasteiger partial charge in [-0.3, -0.25) is 4.79 Å². The summed E-state index contributed by atoms with van der Waals surface area (Å²) in [7, 11) is 0. The van der Waals surface area contributed by atoms with Crippen LogP contribution in [0.2, 0.25) is 0 Å². The van der Waals surface area contributed by atoms with Crippen molar-refractivity contribution in [2.45, 2.75) is 31.6 Å². The molecule has 2 nitrogen and oxygen atoms in total. The summed E-state index contributed by atoms with van der Waals surface area (Å²) in [5.74, 6) is 0.785. The fraction of sp³-hybridized carbons (Fsp3) is 0.381. The van der Waals surface area contributed by atoms with Gasteiger partial charge in [-0.2, -0.15) is 0 Å². The van der Waals surface area contributed by atoms with Crippen LogP contribution < -0.4 is 4.90 Å². The topological polar surface area (TPSA) is 20.3 Å². The molecule has 0 radical (unpaired) electrons. The predicted octanol–water partition coefficient (Wildman–Crippen LogP) is 4.45. The molecule has 0 unspecified atom stereocenters. The number of Topliss-reactive ketones (excluding diaryl/α,β-unsaturated/α-hetero) is 1. The SMILES string of the molecule is CCCCN1C[C@@H]2C[C@]2(C(=O)c2ccccc2)c2ccccc21. The van der Waals surface area contributed by atoms with Crippen molar-refractivity contribution in [1.82, 2.24) is 0 Å². The summed E-state index contributed by atoms with van der Waals surface area (Å²) in [6, 6.07) is 18.4. The molecule has 1 heterocycles. The molecule has 2 atom stereocenters. The molecule has 0 saturated heterocycles. The Labute approximate surface area is 138 Å². The average molecular weight is 305 g/mol. The molecule has 1 aliphatic carbocycles. The molecule has 2 heteroatoms. The van der Waals surface area contributed by atoms with E-state index >= 15 is 0 Å². The van der Waals surface area contributed by atoms with Gasteiger partial charge in [0.15, 0.2) is 5.78 Å². The third-order valence-corrected chi connectivity index (χ3v) is 5.49. The van der Waals surface area contributed by atoms with Gasteiger partial charge >= 0.3 is 0 Å². The first-order chi connectivity index (χ1) is 11.3. The van der Waals surface area contributed by atoms with Crippen LogP contribution in [0.25, 0.3) is 0 Å². The van der Waals surface area contributed by atoms with Gasteiger partial charge in [0, 0.05) is 24.3 Å². The Kier molecular flexibility index (Phi) is 3.48. The van der Waals surface area contributed by atoms with Crippen molar-refractivity contribution in [2.75, 3.05) is 18.0 Å². The quantitative estimate of drug-likeness (QED) is 0.761. The number of carbonyl (C=O) groups excluding carboxylic acids is 1. The maximum absolute atomic E-state index is 13.2. The number of unbranched alkanes of at least 4 members (excludes halogenated alkanes) is 1. The van der Waals surface area contributed by atoms with Gasteiger partial charge in [-0.25, -0.2) is 0 Å². The summed E-state index contributed by atoms with van der Waals surface area (Å²) in [4.78, 5) is 15.7. The van der Waals surface area contributed by atoms with Gasteiger partial charge in [0.05, 0.1) is 5.41 Å². The maximum atomic E-state index is 13.2. The Bertz CT molecular complexity index is 724. The summed E-state index contributed by atoms with van der Waals surface area (Å²) in [5, 5.41) is 0. The van der Waals surface area contributed by atoms with Gasteiger partial charge in [-0.05, 0) is 30.4 Å². The number of hydrogen-bond donors (Lipinski definition) is 0. The highest BCUT2D eigenvalue weighted by Crippen LogP contribution is 2.61. The number of benzene rings is 2. The lowest BCUT2D eigenvalue weighted by atomic mass is 9.82. The first-order valence-electron chi connectivity index (χ1n) is 8.71. The lowest BCUT2D eigenvalue weighted by Crippen LogP contribution is -2.38. The Morgan fingerprint density at radius 1 is 1.13 bits per heavy atom. The van der Waals surface area contributed by atoms with E-state index in [1.165, 1.54) is 24.1 Å². The summed E-state index contributed by atoms with van der Waals surface area (Å²) >= 11 is 0. The minimum absolute atomic E-state index is 0.263. The van der Waals surface area contributed by atoms with Gasteiger partial charge in [0.1, 0.15) is 0 Å². The van der Waals surface area contributed by atoms with Gasteiger partial charge in [0.2, 0.25) is 0 Å². The third-order valence-electron chi connectivity index (χ3n) is 5.49. The molecule has 1 fully saturated rings. The van der Waals surface area contributed by atoms with Gasteiger partial charge in [-0.1, -0.05) is 61.9 Å². The molecular weight excluding hydrogens is 282 g/mol. The van der Waals surface area contributed by atoms with E-state index < -0.39 is 0 Å². The van der Waals surface area contributed by atoms with Crippen molar-refractivity contribution < 1.29 is 4.79 Å². The molecule has 23 heavy (non-hydrogen) atoms.